The molecule has 0 bridgehead atoms. The van der Waals surface area contributed by atoms with E-state index >= 15 is 0 Å². The van der Waals surface area contributed by atoms with Crippen LogP contribution < -0.4 is 5.32 Å². The highest BCUT2D eigenvalue weighted by Crippen LogP contribution is 2.20. The van der Waals surface area contributed by atoms with E-state index in [2.05, 4.69) is 28.6 Å². The van der Waals surface area contributed by atoms with Crippen molar-refractivity contribution in [2.24, 2.45) is 5.41 Å². The number of hydrogen-bond donors (Lipinski definition) is 1. The summed E-state index contributed by atoms with van der Waals surface area (Å²) < 4.78 is 1.88. The number of hydrogen-bond acceptors (Lipinski definition) is 3. The number of benzene rings is 1. The van der Waals surface area contributed by atoms with Gasteiger partial charge in [-0.05, 0) is 50.9 Å². The Labute approximate surface area is 126 Å². The Balaban J connectivity index is 1.86. The van der Waals surface area contributed by atoms with Crippen LogP contribution >= 0.6 is 0 Å². The molecular formula is C17H22N4. The summed E-state index contributed by atoms with van der Waals surface area (Å²) in [4.78, 5) is 0. The summed E-state index contributed by atoms with van der Waals surface area (Å²) in [6.07, 6.45) is 5.66. The predicted octanol–water partition coefficient (Wildman–Crippen LogP) is 3.29. The van der Waals surface area contributed by atoms with Crippen LogP contribution in [0.15, 0.2) is 42.7 Å². The Morgan fingerprint density at radius 1 is 1.29 bits per heavy atom. The second-order valence-electron chi connectivity index (χ2n) is 5.86. The fraction of sp³-hybridized carbons (Fsp3) is 0.412. The summed E-state index contributed by atoms with van der Waals surface area (Å²) >= 11 is 0. The van der Waals surface area contributed by atoms with Crippen molar-refractivity contribution in [1.29, 1.82) is 5.26 Å². The summed E-state index contributed by atoms with van der Waals surface area (Å²) in [6.45, 7) is 5.70. The van der Waals surface area contributed by atoms with Gasteiger partial charge in [-0.15, -0.1) is 0 Å². The van der Waals surface area contributed by atoms with Crippen LogP contribution in [0.2, 0.25) is 0 Å². The van der Waals surface area contributed by atoms with Crippen LogP contribution in [0.1, 0.15) is 32.3 Å². The van der Waals surface area contributed by atoms with Crippen molar-refractivity contribution >= 4 is 0 Å². The molecule has 0 radical (unpaired) electrons. The first-order valence-corrected chi connectivity index (χ1v) is 7.32. The average molecular weight is 282 g/mol. The molecule has 1 heterocycles. The Morgan fingerprint density at radius 3 is 2.81 bits per heavy atom. The molecule has 0 aliphatic rings. The lowest BCUT2D eigenvalue weighted by Gasteiger charge is -2.15. The van der Waals surface area contributed by atoms with Crippen molar-refractivity contribution in [2.75, 3.05) is 6.54 Å². The van der Waals surface area contributed by atoms with Gasteiger partial charge in [-0.1, -0.05) is 18.2 Å². The minimum Gasteiger partial charge on any atom is -0.313 e. The van der Waals surface area contributed by atoms with Gasteiger partial charge in [-0.3, -0.25) is 0 Å². The van der Waals surface area contributed by atoms with E-state index in [1.165, 1.54) is 5.56 Å². The second kappa shape index (κ2) is 7.05. The highest BCUT2D eigenvalue weighted by atomic mass is 15.3. The van der Waals surface area contributed by atoms with Gasteiger partial charge in [-0.2, -0.15) is 10.4 Å². The molecule has 110 valence electrons. The topological polar surface area (TPSA) is 53.6 Å². The van der Waals surface area contributed by atoms with Crippen LogP contribution in [0.4, 0.5) is 0 Å². The zero-order valence-corrected chi connectivity index (χ0v) is 12.7. The molecule has 0 spiro atoms. The van der Waals surface area contributed by atoms with Crippen LogP contribution in [-0.2, 0) is 6.54 Å². The SMILES string of the molecule is CC(C)(C#N)CCCNCc1ccccc1-n1cccn1. The van der Waals surface area contributed by atoms with E-state index in [0.717, 1.165) is 31.6 Å². The molecular weight excluding hydrogens is 260 g/mol. The van der Waals surface area contributed by atoms with Crippen molar-refractivity contribution in [1.82, 2.24) is 15.1 Å². The molecule has 21 heavy (non-hydrogen) atoms. The van der Waals surface area contributed by atoms with Crippen LogP contribution in [0.25, 0.3) is 5.69 Å². The summed E-state index contributed by atoms with van der Waals surface area (Å²) in [5.74, 6) is 0. The molecule has 4 nitrogen and oxygen atoms in total. The number of nitrogens with zero attached hydrogens (tertiary/aromatic N) is 3. The Kier molecular flexibility index (Phi) is 5.13. The normalized spacial score (nSPS) is 11.3. The van der Waals surface area contributed by atoms with Gasteiger partial charge in [0.25, 0.3) is 0 Å². The fourth-order valence-corrected chi connectivity index (χ4v) is 2.23. The molecule has 1 aromatic heterocycles. The largest absolute Gasteiger partial charge is 0.313 e. The standard InChI is InChI=1S/C17H22N4/c1-17(2,14-18)9-5-10-19-13-15-7-3-4-8-16(15)21-12-6-11-20-21/h3-4,6-8,11-12,19H,5,9-10,13H2,1-2H3. The zero-order valence-electron chi connectivity index (χ0n) is 12.7. The molecule has 0 fully saturated rings. The molecule has 0 amide bonds. The summed E-state index contributed by atoms with van der Waals surface area (Å²) in [6, 6.07) is 12.5. The van der Waals surface area contributed by atoms with Crippen molar-refractivity contribution in [3.8, 4) is 11.8 Å². The first-order valence-electron chi connectivity index (χ1n) is 7.32. The summed E-state index contributed by atoms with van der Waals surface area (Å²) in [5, 5.41) is 16.7. The molecule has 0 aliphatic carbocycles. The van der Waals surface area contributed by atoms with Crippen molar-refractivity contribution in [3.63, 3.8) is 0 Å². The van der Waals surface area contributed by atoms with Crippen LogP contribution in [0, 0.1) is 16.7 Å². The fourth-order valence-electron chi connectivity index (χ4n) is 2.23. The number of rotatable bonds is 7. The number of nitrogens with one attached hydrogen (secondary N) is 1. The lowest BCUT2D eigenvalue weighted by Crippen LogP contribution is -2.18. The molecule has 0 aliphatic heterocycles. The molecule has 2 aromatic rings. The Bertz CT molecular complexity index is 594. The average Bonchev–Trinajstić information content (AvgIpc) is 3.01. The second-order valence-corrected chi connectivity index (χ2v) is 5.86. The highest BCUT2D eigenvalue weighted by molar-refractivity contribution is 5.40. The van der Waals surface area contributed by atoms with E-state index < -0.39 is 0 Å². The Morgan fingerprint density at radius 2 is 2.10 bits per heavy atom. The monoisotopic (exact) mass is 282 g/mol. The van der Waals surface area contributed by atoms with E-state index in [4.69, 9.17) is 5.26 Å². The molecule has 1 N–H and O–H groups in total. The van der Waals surface area contributed by atoms with E-state index in [0.29, 0.717) is 0 Å². The minimum absolute atomic E-state index is 0.228. The first kappa shape index (κ1) is 15.3. The van der Waals surface area contributed by atoms with Crippen molar-refractivity contribution in [3.05, 3.63) is 48.3 Å². The molecule has 0 saturated heterocycles. The van der Waals surface area contributed by atoms with E-state index in [1.54, 1.807) is 6.20 Å². The third-order valence-electron chi connectivity index (χ3n) is 3.52. The third kappa shape index (κ3) is 4.44. The quantitative estimate of drug-likeness (QED) is 0.793. The van der Waals surface area contributed by atoms with Gasteiger partial charge >= 0.3 is 0 Å². The molecule has 0 unspecified atom stereocenters. The lowest BCUT2D eigenvalue weighted by molar-refractivity contribution is 0.426. The summed E-state index contributed by atoms with van der Waals surface area (Å²) in [5.41, 5.74) is 2.10. The van der Waals surface area contributed by atoms with Crippen LogP contribution in [0.5, 0.6) is 0 Å². The van der Waals surface area contributed by atoms with Gasteiger partial charge in [0.15, 0.2) is 0 Å². The molecule has 0 atom stereocenters. The van der Waals surface area contributed by atoms with Gasteiger partial charge in [0.1, 0.15) is 0 Å². The maximum absolute atomic E-state index is 8.99. The van der Waals surface area contributed by atoms with Gasteiger partial charge in [0.2, 0.25) is 0 Å². The third-order valence-corrected chi connectivity index (χ3v) is 3.52. The van der Waals surface area contributed by atoms with E-state index in [1.807, 2.05) is 42.9 Å². The van der Waals surface area contributed by atoms with Crippen LogP contribution in [0.3, 0.4) is 0 Å². The Hall–Kier alpha value is -2.12. The number of para-hydroxylation sites is 1. The zero-order chi connectivity index (χ0) is 15.1. The maximum Gasteiger partial charge on any atom is 0.0690 e. The number of aromatic nitrogens is 2. The van der Waals surface area contributed by atoms with Gasteiger partial charge in [0, 0.05) is 18.9 Å². The van der Waals surface area contributed by atoms with E-state index in [-0.39, 0.29) is 5.41 Å². The molecule has 4 heteroatoms. The minimum atomic E-state index is -0.228. The highest BCUT2D eigenvalue weighted by Gasteiger charge is 2.15. The van der Waals surface area contributed by atoms with Crippen LogP contribution in [-0.4, -0.2) is 16.3 Å². The molecule has 1 aromatic carbocycles. The van der Waals surface area contributed by atoms with Crippen molar-refractivity contribution in [2.45, 2.75) is 33.2 Å². The van der Waals surface area contributed by atoms with Gasteiger partial charge in [-0.25, -0.2) is 4.68 Å². The number of nitriles is 1. The predicted molar refractivity (Wildman–Crippen MR) is 83.9 cm³/mol. The smallest absolute Gasteiger partial charge is 0.0690 e. The van der Waals surface area contributed by atoms with Gasteiger partial charge in [0.05, 0.1) is 17.2 Å². The molecule has 2 rings (SSSR count). The van der Waals surface area contributed by atoms with E-state index in [9.17, 15) is 0 Å². The van der Waals surface area contributed by atoms with Crippen molar-refractivity contribution < 1.29 is 0 Å². The summed E-state index contributed by atoms with van der Waals surface area (Å²) in [7, 11) is 0. The van der Waals surface area contributed by atoms with Gasteiger partial charge < -0.3 is 5.32 Å². The molecule has 0 saturated carbocycles. The first-order chi connectivity index (χ1) is 10.1. The maximum atomic E-state index is 8.99. The lowest BCUT2D eigenvalue weighted by atomic mass is 9.90.